The molecule has 2 aromatic rings. The predicted molar refractivity (Wildman–Crippen MR) is 135 cm³/mol. The first kappa shape index (κ1) is 30.0. The van der Waals surface area contributed by atoms with Crippen molar-refractivity contribution >= 4 is 71.5 Å². The van der Waals surface area contributed by atoms with Gasteiger partial charge in [-0.15, -0.1) is 24.8 Å². The van der Waals surface area contributed by atoms with Crippen molar-refractivity contribution in [2.45, 2.75) is 32.2 Å². The highest BCUT2D eigenvalue weighted by Crippen LogP contribution is 2.19. The Bertz CT molecular complexity index is 974. The van der Waals surface area contributed by atoms with Gasteiger partial charge in [-0.1, -0.05) is 23.7 Å². The van der Waals surface area contributed by atoms with Gasteiger partial charge in [-0.25, -0.2) is 9.97 Å². The first-order chi connectivity index (χ1) is 14.6. The molecule has 33 heavy (non-hydrogen) atoms. The second-order valence-electron chi connectivity index (χ2n) is 6.90. The molecule has 0 saturated carbocycles. The van der Waals surface area contributed by atoms with Crippen LogP contribution >= 0.6 is 36.4 Å². The highest BCUT2D eigenvalue weighted by atomic mass is 35.5. The van der Waals surface area contributed by atoms with Crippen molar-refractivity contribution in [1.82, 2.24) is 14.9 Å². The molecular weight excluding hydrogens is 493 g/mol. The third-order valence-corrected chi connectivity index (χ3v) is 4.78. The van der Waals surface area contributed by atoms with E-state index in [1.165, 1.54) is 0 Å². The summed E-state index contributed by atoms with van der Waals surface area (Å²) in [5.74, 6) is -1.80. The zero-order valence-electron chi connectivity index (χ0n) is 17.9. The Morgan fingerprint density at radius 1 is 1.09 bits per heavy atom. The molecule has 1 unspecified atom stereocenters. The van der Waals surface area contributed by atoms with Gasteiger partial charge in [0.05, 0.1) is 0 Å². The Labute approximate surface area is 208 Å². The van der Waals surface area contributed by atoms with Gasteiger partial charge in [0.1, 0.15) is 6.04 Å². The maximum atomic E-state index is 12.7. The number of nitrogen functional groups attached to an aromatic ring is 2. The molecule has 0 radical (unpaired) electrons. The van der Waals surface area contributed by atoms with Gasteiger partial charge in [0, 0.05) is 12.2 Å². The van der Waals surface area contributed by atoms with Crippen molar-refractivity contribution < 1.29 is 9.59 Å². The maximum absolute atomic E-state index is 12.7. The number of carbonyl (C=O) groups excluding carboxylic acids is 2. The standard InChI is InChI=1S/C19H26ClN9O2.2ClH/c1-10(17(23)30)26-12-7-5-11(6-8-12)4-2-3-9-29(19(24)25)18(31)13-15(21)28-16(22)14(20)27-13;;/h5-8,10,26H,2-4,9H2,1H3,(H2,23,30)(H3,24,25)(H4,21,22,28);2*1H. The summed E-state index contributed by atoms with van der Waals surface area (Å²) >= 11 is 5.83. The third kappa shape index (κ3) is 8.44. The van der Waals surface area contributed by atoms with Gasteiger partial charge in [0.15, 0.2) is 28.4 Å². The molecule has 182 valence electrons. The molecule has 1 heterocycles. The number of aromatic nitrogens is 2. The summed E-state index contributed by atoms with van der Waals surface area (Å²) in [4.78, 5) is 32.5. The molecule has 0 aliphatic rings. The monoisotopic (exact) mass is 519 g/mol. The fourth-order valence-electron chi connectivity index (χ4n) is 2.75. The molecule has 10 N–H and O–H groups in total. The second-order valence-corrected chi connectivity index (χ2v) is 7.26. The number of amides is 2. The van der Waals surface area contributed by atoms with Gasteiger partial charge >= 0.3 is 0 Å². The zero-order chi connectivity index (χ0) is 23.1. The number of nitrogens with two attached hydrogens (primary N) is 4. The summed E-state index contributed by atoms with van der Waals surface area (Å²) in [6.45, 7) is 1.89. The van der Waals surface area contributed by atoms with Crippen LogP contribution in [-0.4, -0.2) is 45.2 Å². The molecule has 0 saturated heterocycles. The van der Waals surface area contributed by atoms with Crippen LogP contribution in [0.5, 0.6) is 0 Å². The summed E-state index contributed by atoms with van der Waals surface area (Å²) in [7, 11) is 0. The number of anilines is 3. The number of halogens is 3. The lowest BCUT2D eigenvalue weighted by molar-refractivity contribution is -0.118. The Morgan fingerprint density at radius 2 is 1.70 bits per heavy atom. The van der Waals surface area contributed by atoms with Crippen molar-refractivity contribution in [1.29, 1.82) is 5.41 Å². The Hall–Kier alpha value is -3.02. The molecule has 1 aromatic heterocycles. The minimum atomic E-state index is -0.668. The van der Waals surface area contributed by atoms with E-state index < -0.39 is 23.8 Å². The van der Waals surface area contributed by atoms with Gasteiger partial charge < -0.3 is 28.3 Å². The topological polar surface area (TPSA) is 203 Å². The average Bonchev–Trinajstić information content (AvgIpc) is 2.71. The number of nitrogens with one attached hydrogen (secondary N) is 2. The number of primary amides is 1. The fourth-order valence-corrected chi connectivity index (χ4v) is 2.87. The summed E-state index contributed by atoms with van der Waals surface area (Å²) in [5, 5.41) is 10.6. The smallest absolute Gasteiger partial charge is 0.283 e. The van der Waals surface area contributed by atoms with E-state index >= 15 is 0 Å². The van der Waals surface area contributed by atoms with Gasteiger partial charge in [0.2, 0.25) is 5.91 Å². The molecule has 2 amide bonds. The first-order valence-electron chi connectivity index (χ1n) is 9.49. The van der Waals surface area contributed by atoms with E-state index in [4.69, 9.17) is 39.9 Å². The lowest BCUT2D eigenvalue weighted by Crippen LogP contribution is -2.42. The maximum Gasteiger partial charge on any atom is 0.283 e. The Balaban J connectivity index is 0.00000512. The summed E-state index contributed by atoms with van der Waals surface area (Å²) in [6.07, 6.45) is 2.08. The predicted octanol–water partition coefficient (Wildman–Crippen LogP) is 1.78. The van der Waals surface area contributed by atoms with Gasteiger partial charge in [-0.05, 0) is 43.9 Å². The van der Waals surface area contributed by atoms with Crippen molar-refractivity contribution in [3.63, 3.8) is 0 Å². The minimum absolute atomic E-state index is 0. The molecular formula is C19H28Cl3N9O2. The second kappa shape index (κ2) is 13.5. The highest BCUT2D eigenvalue weighted by Gasteiger charge is 2.23. The van der Waals surface area contributed by atoms with Gasteiger partial charge in [0.25, 0.3) is 5.91 Å². The van der Waals surface area contributed by atoms with Crippen LogP contribution in [-0.2, 0) is 11.2 Å². The Morgan fingerprint density at radius 3 is 2.24 bits per heavy atom. The normalized spacial score (nSPS) is 10.8. The first-order valence-corrected chi connectivity index (χ1v) is 9.87. The van der Waals surface area contributed by atoms with Crippen LogP contribution in [0.2, 0.25) is 5.15 Å². The lowest BCUT2D eigenvalue weighted by atomic mass is 10.1. The van der Waals surface area contributed by atoms with E-state index in [1.807, 2.05) is 24.3 Å². The van der Waals surface area contributed by atoms with E-state index in [1.54, 1.807) is 6.92 Å². The number of carbonyl (C=O) groups is 2. The van der Waals surface area contributed by atoms with Crippen LogP contribution in [0, 0.1) is 5.41 Å². The molecule has 2 rings (SSSR count). The van der Waals surface area contributed by atoms with E-state index in [0.29, 0.717) is 6.42 Å². The summed E-state index contributed by atoms with van der Waals surface area (Å²) in [6, 6.07) is 7.15. The van der Waals surface area contributed by atoms with Crippen molar-refractivity contribution in [2.75, 3.05) is 23.3 Å². The molecule has 11 nitrogen and oxygen atoms in total. The van der Waals surface area contributed by atoms with Crippen LogP contribution in [0.1, 0.15) is 35.8 Å². The molecule has 0 aliphatic heterocycles. The fraction of sp³-hybridized carbons (Fsp3) is 0.316. The number of hydrogen-bond donors (Lipinski definition) is 6. The quantitative estimate of drug-likeness (QED) is 0.163. The van der Waals surface area contributed by atoms with E-state index in [2.05, 4.69) is 15.3 Å². The van der Waals surface area contributed by atoms with Crippen LogP contribution in [0.3, 0.4) is 0 Å². The molecule has 14 heteroatoms. The van der Waals surface area contributed by atoms with Crippen molar-refractivity contribution in [3.8, 4) is 0 Å². The number of unbranched alkanes of at least 4 members (excludes halogenated alkanes) is 1. The van der Waals surface area contributed by atoms with E-state index in [9.17, 15) is 9.59 Å². The molecule has 1 atom stereocenters. The number of hydrogen-bond acceptors (Lipinski definition) is 8. The number of nitrogens with zero attached hydrogens (tertiary/aromatic N) is 3. The summed E-state index contributed by atoms with van der Waals surface area (Å²) in [5.41, 5.74) is 23.7. The lowest BCUT2D eigenvalue weighted by Gasteiger charge is -2.20. The third-order valence-electron chi connectivity index (χ3n) is 4.50. The SMILES string of the molecule is CC(Nc1ccc(CCCCN(C(=N)N)C(=O)c2nc(Cl)c(N)nc2N)cc1)C(N)=O.Cl.Cl. The zero-order valence-corrected chi connectivity index (χ0v) is 20.3. The molecule has 0 bridgehead atoms. The van der Waals surface area contributed by atoms with Crippen LogP contribution in [0.25, 0.3) is 0 Å². The Kier molecular flexibility index (Phi) is 12.3. The van der Waals surface area contributed by atoms with Gasteiger partial charge in [-0.2, -0.15) is 0 Å². The number of benzene rings is 1. The average molecular weight is 521 g/mol. The van der Waals surface area contributed by atoms with Crippen LogP contribution in [0.15, 0.2) is 24.3 Å². The molecule has 0 fully saturated rings. The van der Waals surface area contributed by atoms with Crippen molar-refractivity contribution in [3.05, 3.63) is 40.7 Å². The van der Waals surface area contributed by atoms with Crippen LogP contribution in [0.4, 0.5) is 17.3 Å². The molecule has 0 aliphatic carbocycles. The molecule has 0 spiro atoms. The molecule has 1 aromatic carbocycles. The number of guanidine groups is 1. The summed E-state index contributed by atoms with van der Waals surface area (Å²) < 4.78 is 0. The van der Waals surface area contributed by atoms with E-state index in [-0.39, 0.29) is 53.8 Å². The highest BCUT2D eigenvalue weighted by molar-refractivity contribution is 6.31. The largest absolute Gasteiger partial charge is 0.382 e. The van der Waals surface area contributed by atoms with E-state index in [0.717, 1.165) is 29.0 Å². The minimum Gasteiger partial charge on any atom is -0.382 e. The van der Waals surface area contributed by atoms with Gasteiger partial charge in [-0.3, -0.25) is 19.9 Å². The van der Waals surface area contributed by atoms with Crippen molar-refractivity contribution in [2.24, 2.45) is 11.5 Å². The number of aryl methyl sites for hydroxylation is 1. The number of rotatable bonds is 9. The van der Waals surface area contributed by atoms with Crippen LogP contribution < -0.4 is 28.3 Å².